The van der Waals surface area contributed by atoms with Gasteiger partial charge in [-0.25, -0.2) is 4.98 Å². The van der Waals surface area contributed by atoms with Gasteiger partial charge in [-0.1, -0.05) is 35.1 Å². The summed E-state index contributed by atoms with van der Waals surface area (Å²) < 4.78 is 1.16. The number of aryl methyl sites for hydroxylation is 4. The Morgan fingerprint density at radius 3 is 2.38 bits per heavy atom. The Labute approximate surface area is 184 Å². The minimum Gasteiger partial charge on any atom is -0.309 e. The van der Waals surface area contributed by atoms with E-state index in [4.69, 9.17) is 4.98 Å². The Balaban J connectivity index is 0.00000300. The van der Waals surface area contributed by atoms with E-state index >= 15 is 0 Å². The first-order chi connectivity index (χ1) is 13.3. The van der Waals surface area contributed by atoms with Gasteiger partial charge in [0.1, 0.15) is 0 Å². The number of nitrogens with zero attached hydrogens (tertiary/aromatic N) is 3. The van der Waals surface area contributed by atoms with Crippen molar-refractivity contribution in [3.63, 3.8) is 0 Å². The van der Waals surface area contributed by atoms with Crippen LogP contribution in [0.25, 0.3) is 10.2 Å². The lowest BCUT2D eigenvalue weighted by atomic mass is 10.0. The number of hydrogen-bond acceptors (Lipinski definition) is 4. The molecule has 0 aliphatic rings. The van der Waals surface area contributed by atoms with Crippen LogP contribution >= 0.6 is 23.7 Å². The minimum atomic E-state index is 0. The molecule has 0 radical (unpaired) electrons. The van der Waals surface area contributed by atoms with Crippen molar-refractivity contribution in [2.75, 3.05) is 32.1 Å². The van der Waals surface area contributed by atoms with Gasteiger partial charge in [-0.05, 0) is 83.6 Å². The lowest BCUT2D eigenvalue weighted by molar-refractivity contribution is 0.0985. The Morgan fingerprint density at radius 2 is 1.69 bits per heavy atom. The summed E-state index contributed by atoms with van der Waals surface area (Å²) in [5, 5.41) is 0.786. The number of thiazole rings is 1. The highest BCUT2D eigenvalue weighted by atomic mass is 35.5. The fraction of sp³-hybridized carbons (Fsp3) is 0.391. The highest BCUT2D eigenvalue weighted by Crippen LogP contribution is 2.33. The number of halogens is 1. The summed E-state index contributed by atoms with van der Waals surface area (Å²) in [6, 6.07) is 10.3. The molecule has 0 bridgehead atoms. The lowest BCUT2D eigenvalue weighted by Crippen LogP contribution is -2.34. The monoisotopic (exact) mass is 431 g/mol. The first-order valence-electron chi connectivity index (χ1n) is 9.68. The number of rotatable bonds is 6. The molecular formula is C23H30ClN3OS. The summed E-state index contributed by atoms with van der Waals surface area (Å²) in [5.41, 5.74) is 6.24. The normalized spacial score (nSPS) is 11.0. The maximum Gasteiger partial charge on any atom is 0.260 e. The summed E-state index contributed by atoms with van der Waals surface area (Å²) in [4.78, 5) is 22.4. The summed E-state index contributed by atoms with van der Waals surface area (Å²) in [6.45, 7) is 9.80. The second-order valence-electron chi connectivity index (χ2n) is 7.86. The maximum atomic E-state index is 13.5. The molecule has 1 heterocycles. The number of anilines is 1. The van der Waals surface area contributed by atoms with Crippen molar-refractivity contribution in [2.45, 2.75) is 34.1 Å². The van der Waals surface area contributed by atoms with E-state index in [-0.39, 0.29) is 18.3 Å². The third-order valence-corrected chi connectivity index (χ3v) is 6.12. The highest BCUT2D eigenvalue weighted by Gasteiger charge is 2.23. The SMILES string of the molecule is Cc1ccc(C)c(C(=O)N(CCCN(C)C)c2nc3cc(C)cc(C)c3s2)c1.Cl. The molecule has 29 heavy (non-hydrogen) atoms. The van der Waals surface area contributed by atoms with Gasteiger partial charge in [0.25, 0.3) is 5.91 Å². The van der Waals surface area contributed by atoms with Crippen molar-refractivity contribution in [3.05, 3.63) is 58.1 Å². The van der Waals surface area contributed by atoms with Crippen molar-refractivity contribution in [1.29, 1.82) is 0 Å². The molecule has 1 aromatic heterocycles. The van der Waals surface area contributed by atoms with E-state index in [0.717, 1.165) is 45.0 Å². The van der Waals surface area contributed by atoms with Crippen molar-refractivity contribution in [2.24, 2.45) is 0 Å². The van der Waals surface area contributed by atoms with Gasteiger partial charge in [0.15, 0.2) is 5.13 Å². The van der Waals surface area contributed by atoms with Gasteiger partial charge in [0.2, 0.25) is 0 Å². The molecule has 156 valence electrons. The molecule has 0 saturated heterocycles. The zero-order valence-corrected chi connectivity index (χ0v) is 19.7. The van der Waals surface area contributed by atoms with Crippen LogP contribution in [0.4, 0.5) is 5.13 Å². The van der Waals surface area contributed by atoms with E-state index in [1.54, 1.807) is 11.3 Å². The fourth-order valence-corrected chi connectivity index (χ4v) is 4.46. The summed E-state index contributed by atoms with van der Waals surface area (Å²) in [5.74, 6) is 0.0355. The van der Waals surface area contributed by atoms with Crippen LogP contribution in [0, 0.1) is 27.7 Å². The molecule has 0 fully saturated rings. The minimum absolute atomic E-state index is 0. The molecule has 1 amide bonds. The zero-order valence-electron chi connectivity index (χ0n) is 18.1. The Bertz CT molecular complexity index is 1010. The molecule has 4 nitrogen and oxygen atoms in total. The van der Waals surface area contributed by atoms with E-state index < -0.39 is 0 Å². The van der Waals surface area contributed by atoms with Crippen molar-refractivity contribution in [1.82, 2.24) is 9.88 Å². The van der Waals surface area contributed by atoms with Crippen LogP contribution in [0.15, 0.2) is 30.3 Å². The summed E-state index contributed by atoms with van der Waals surface area (Å²) >= 11 is 1.61. The molecule has 0 N–H and O–H groups in total. The zero-order chi connectivity index (χ0) is 20.4. The molecule has 0 atom stereocenters. The quantitative estimate of drug-likeness (QED) is 0.513. The molecule has 3 rings (SSSR count). The molecule has 0 aliphatic carbocycles. The largest absolute Gasteiger partial charge is 0.309 e. The van der Waals surface area contributed by atoms with E-state index in [1.807, 2.05) is 36.9 Å². The average molecular weight is 432 g/mol. The number of fused-ring (bicyclic) bond motifs is 1. The molecule has 0 aliphatic heterocycles. The number of aromatic nitrogens is 1. The topological polar surface area (TPSA) is 36.4 Å². The molecule has 6 heteroatoms. The van der Waals surface area contributed by atoms with E-state index in [0.29, 0.717) is 6.54 Å². The van der Waals surface area contributed by atoms with Crippen LogP contribution in [-0.4, -0.2) is 43.0 Å². The van der Waals surface area contributed by atoms with Gasteiger partial charge < -0.3 is 4.90 Å². The van der Waals surface area contributed by atoms with Gasteiger partial charge in [-0.15, -0.1) is 12.4 Å². The number of amides is 1. The standard InChI is InChI=1S/C23H29N3OS.ClH/c1-15-8-9-17(3)19(13-15)22(27)26(11-7-10-25(5)6)23-24-20-14-16(2)12-18(4)21(20)28-23;/h8-9,12-14H,7,10-11H2,1-6H3;1H. The van der Waals surface area contributed by atoms with Gasteiger partial charge in [0, 0.05) is 12.1 Å². The second-order valence-corrected chi connectivity index (χ2v) is 8.84. The van der Waals surface area contributed by atoms with E-state index in [1.165, 1.54) is 11.1 Å². The molecule has 2 aromatic carbocycles. The predicted octanol–water partition coefficient (Wildman–Crippen LogP) is 5.55. The van der Waals surface area contributed by atoms with Crippen molar-refractivity contribution < 1.29 is 4.79 Å². The van der Waals surface area contributed by atoms with Crippen LogP contribution in [0.3, 0.4) is 0 Å². The van der Waals surface area contributed by atoms with Crippen LogP contribution in [-0.2, 0) is 0 Å². The Hall–Kier alpha value is -1.95. The third-order valence-electron chi connectivity index (χ3n) is 4.90. The van der Waals surface area contributed by atoms with E-state index in [2.05, 4.69) is 45.0 Å². The number of carbonyl (C=O) groups is 1. The first-order valence-corrected chi connectivity index (χ1v) is 10.5. The maximum absolute atomic E-state index is 13.5. The third kappa shape index (κ3) is 5.35. The van der Waals surface area contributed by atoms with Crippen LogP contribution < -0.4 is 4.90 Å². The Morgan fingerprint density at radius 1 is 0.966 bits per heavy atom. The molecular weight excluding hydrogens is 402 g/mol. The van der Waals surface area contributed by atoms with Crippen LogP contribution in [0.5, 0.6) is 0 Å². The van der Waals surface area contributed by atoms with Crippen molar-refractivity contribution in [3.8, 4) is 0 Å². The predicted molar refractivity (Wildman–Crippen MR) is 127 cm³/mol. The molecule has 0 saturated carbocycles. The van der Waals surface area contributed by atoms with Gasteiger partial charge in [-0.3, -0.25) is 9.69 Å². The smallest absolute Gasteiger partial charge is 0.260 e. The summed E-state index contributed by atoms with van der Waals surface area (Å²) in [7, 11) is 4.11. The van der Waals surface area contributed by atoms with Gasteiger partial charge in [-0.2, -0.15) is 0 Å². The fourth-order valence-electron chi connectivity index (χ4n) is 3.42. The van der Waals surface area contributed by atoms with Gasteiger partial charge >= 0.3 is 0 Å². The highest BCUT2D eigenvalue weighted by molar-refractivity contribution is 7.22. The van der Waals surface area contributed by atoms with Crippen LogP contribution in [0.2, 0.25) is 0 Å². The van der Waals surface area contributed by atoms with E-state index in [9.17, 15) is 4.79 Å². The second kappa shape index (κ2) is 9.70. The average Bonchev–Trinajstić information content (AvgIpc) is 3.04. The molecule has 0 spiro atoms. The lowest BCUT2D eigenvalue weighted by Gasteiger charge is -2.22. The molecule has 3 aromatic rings. The summed E-state index contributed by atoms with van der Waals surface area (Å²) in [6.07, 6.45) is 0.900. The number of carbonyl (C=O) groups excluding carboxylic acids is 1. The number of hydrogen-bond donors (Lipinski definition) is 0. The van der Waals surface area contributed by atoms with Crippen LogP contribution in [0.1, 0.15) is 39.0 Å². The van der Waals surface area contributed by atoms with Gasteiger partial charge in [0.05, 0.1) is 10.2 Å². The first kappa shape index (κ1) is 23.3. The molecule has 0 unspecified atom stereocenters. The Kier molecular flexibility index (Phi) is 7.80. The van der Waals surface area contributed by atoms with Crippen molar-refractivity contribution >= 4 is 45.0 Å². The number of benzene rings is 2.